The van der Waals surface area contributed by atoms with Gasteiger partial charge in [-0.05, 0) is 18.2 Å². The summed E-state index contributed by atoms with van der Waals surface area (Å²) >= 11 is 0. The lowest BCUT2D eigenvalue weighted by Crippen LogP contribution is -2.06. The van der Waals surface area contributed by atoms with Gasteiger partial charge in [0.25, 0.3) is 9.05 Å². The number of hydrogen-bond donors (Lipinski definition) is 1. The topological polar surface area (TPSA) is 80.7 Å². The number of ether oxygens (including phenoxy) is 1. The Balaban J connectivity index is 2.80. The monoisotopic (exact) mass is 282 g/mol. The fourth-order valence-electron chi connectivity index (χ4n) is 0.999. The van der Waals surface area contributed by atoms with Crippen LogP contribution in [0.1, 0.15) is 6.42 Å². The molecule has 0 aliphatic heterocycles. The van der Waals surface area contributed by atoms with Crippen molar-refractivity contribution in [2.24, 2.45) is 0 Å². The molecule has 94 valence electrons. The molecular formula is C9H8ClFO5S. The van der Waals surface area contributed by atoms with Gasteiger partial charge in [-0.15, -0.1) is 0 Å². The first kappa shape index (κ1) is 13.7. The maximum atomic E-state index is 13.3. The molecule has 0 saturated heterocycles. The van der Waals surface area contributed by atoms with Crippen LogP contribution in [0.5, 0.6) is 5.75 Å². The van der Waals surface area contributed by atoms with Crippen LogP contribution in [0.15, 0.2) is 23.1 Å². The maximum Gasteiger partial charge on any atom is 0.306 e. The fourth-order valence-corrected chi connectivity index (χ4v) is 1.76. The molecule has 5 nitrogen and oxygen atoms in total. The van der Waals surface area contributed by atoms with Gasteiger partial charge in [0.15, 0.2) is 11.6 Å². The van der Waals surface area contributed by atoms with E-state index in [4.69, 9.17) is 20.5 Å². The summed E-state index contributed by atoms with van der Waals surface area (Å²) in [7, 11) is 1.02. The number of rotatable bonds is 5. The molecule has 0 unspecified atom stereocenters. The zero-order valence-corrected chi connectivity index (χ0v) is 9.96. The van der Waals surface area contributed by atoms with E-state index in [-0.39, 0.29) is 23.7 Å². The van der Waals surface area contributed by atoms with Crippen LogP contribution in [0.25, 0.3) is 0 Å². The number of benzene rings is 1. The van der Waals surface area contributed by atoms with Gasteiger partial charge in [-0.2, -0.15) is 0 Å². The van der Waals surface area contributed by atoms with Gasteiger partial charge >= 0.3 is 5.97 Å². The Morgan fingerprint density at radius 2 is 2.12 bits per heavy atom. The lowest BCUT2D eigenvalue weighted by Gasteiger charge is -2.06. The molecule has 0 fully saturated rings. The van der Waals surface area contributed by atoms with Crippen molar-refractivity contribution in [3.63, 3.8) is 0 Å². The van der Waals surface area contributed by atoms with Gasteiger partial charge in [0, 0.05) is 10.7 Å². The third-order valence-electron chi connectivity index (χ3n) is 1.76. The number of hydrogen-bond acceptors (Lipinski definition) is 4. The highest BCUT2D eigenvalue weighted by Crippen LogP contribution is 2.23. The number of halogens is 2. The largest absolute Gasteiger partial charge is 0.490 e. The Morgan fingerprint density at radius 1 is 1.47 bits per heavy atom. The van der Waals surface area contributed by atoms with Gasteiger partial charge < -0.3 is 9.84 Å². The Kier molecular flexibility index (Phi) is 4.30. The number of aliphatic carboxylic acids is 1. The average Bonchev–Trinajstić information content (AvgIpc) is 2.18. The van der Waals surface area contributed by atoms with E-state index in [2.05, 4.69) is 0 Å². The van der Waals surface area contributed by atoms with Crippen LogP contribution in [-0.2, 0) is 13.8 Å². The van der Waals surface area contributed by atoms with Crippen LogP contribution in [0, 0.1) is 5.82 Å². The summed E-state index contributed by atoms with van der Waals surface area (Å²) in [6, 6.07) is 2.85. The zero-order valence-electron chi connectivity index (χ0n) is 8.39. The van der Waals surface area contributed by atoms with Crippen molar-refractivity contribution in [3.8, 4) is 5.75 Å². The Morgan fingerprint density at radius 3 is 2.59 bits per heavy atom. The van der Waals surface area contributed by atoms with E-state index in [1.807, 2.05) is 0 Å². The van der Waals surface area contributed by atoms with Gasteiger partial charge in [0.1, 0.15) is 0 Å². The molecule has 1 N–H and O–H groups in total. The summed E-state index contributed by atoms with van der Waals surface area (Å²) in [5.74, 6) is -2.22. The molecule has 0 heterocycles. The van der Waals surface area contributed by atoms with Crippen LogP contribution in [0.3, 0.4) is 0 Å². The van der Waals surface area contributed by atoms with E-state index in [0.29, 0.717) is 6.07 Å². The molecule has 0 amide bonds. The second kappa shape index (κ2) is 5.33. The highest BCUT2D eigenvalue weighted by molar-refractivity contribution is 8.13. The van der Waals surface area contributed by atoms with Crippen molar-refractivity contribution in [1.82, 2.24) is 0 Å². The fraction of sp³-hybridized carbons (Fsp3) is 0.222. The molecule has 0 aromatic heterocycles. The Hall–Kier alpha value is -1.34. The van der Waals surface area contributed by atoms with Crippen molar-refractivity contribution in [3.05, 3.63) is 24.0 Å². The molecule has 0 spiro atoms. The summed E-state index contributed by atoms with van der Waals surface area (Å²) in [5.41, 5.74) is 0. The first-order valence-electron chi connectivity index (χ1n) is 4.39. The van der Waals surface area contributed by atoms with E-state index < -0.39 is 20.8 Å². The van der Waals surface area contributed by atoms with E-state index in [0.717, 1.165) is 12.1 Å². The van der Waals surface area contributed by atoms with E-state index >= 15 is 0 Å². The van der Waals surface area contributed by atoms with Crippen molar-refractivity contribution < 1.29 is 27.4 Å². The van der Waals surface area contributed by atoms with Crippen LogP contribution < -0.4 is 4.74 Å². The van der Waals surface area contributed by atoms with E-state index in [1.54, 1.807) is 0 Å². The van der Waals surface area contributed by atoms with E-state index in [9.17, 15) is 17.6 Å². The molecule has 1 aromatic rings. The minimum Gasteiger partial charge on any atom is -0.490 e. The van der Waals surface area contributed by atoms with Gasteiger partial charge in [-0.1, -0.05) is 0 Å². The summed E-state index contributed by atoms with van der Waals surface area (Å²) in [5, 5.41) is 8.34. The van der Waals surface area contributed by atoms with Crippen LogP contribution in [0.4, 0.5) is 4.39 Å². The zero-order chi connectivity index (χ0) is 13.1. The molecule has 1 aromatic carbocycles. The third kappa shape index (κ3) is 4.20. The molecule has 8 heteroatoms. The van der Waals surface area contributed by atoms with Crippen LogP contribution in [0.2, 0.25) is 0 Å². The highest BCUT2D eigenvalue weighted by Gasteiger charge is 2.13. The summed E-state index contributed by atoms with van der Waals surface area (Å²) in [6.45, 7) is -0.209. The predicted octanol–water partition coefficient (Wildman–Crippen LogP) is 1.61. The molecule has 0 radical (unpaired) electrons. The predicted molar refractivity (Wildman–Crippen MR) is 57.2 cm³/mol. The van der Waals surface area contributed by atoms with Crippen molar-refractivity contribution in [1.29, 1.82) is 0 Å². The lowest BCUT2D eigenvalue weighted by molar-refractivity contribution is -0.137. The minimum atomic E-state index is -3.99. The standard InChI is InChI=1S/C9H8ClFO5S/c10-17(14,15)6-1-2-8(7(11)5-6)16-4-3-9(12)13/h1-2,5H,3-4H2,(H,12,13). The number of carboxylic acids is 1. The second-order valence-corrected chi connectivity index (χ2v) is 5.59. The van der Waals surface area contributed by atoms with Crippen molar-refractivity contribution in [2.75, 3.05) is 6.61 Å². The summed E-state index contributed by atoms with van der Waals surface area (Å²) in [4.78, 5) is 9.80. The average molecular weight is 283 g/mol. The van der Waals surface area contributed by atoms with Gasteiger partial charge in [-0.25, -0.2) is 12.8 Å². The van der Waals surface area contributed by atoms with Crippen LogP contribution >= 0.6 is 10.7 Å². The van der Waals surface area contributed by atoms with Crippen molar-refractivity contribution >= 4 is 25.7 Å². The van der Waals surface area contributed by atoms with Crippen LogP contribution in [-0.4, -0.2) is 26.1 Å². The normalized spacial score (nSPS) is 11.2. The molecule has 1 rings (SSSR count). The van der Waals surface area contributed by atoms with Gasteiger partial charge in [0.2, 0.25) is 0 Å². The van der Waals surface area contributed by atoms with Crippen molar-refractivity contribution in [2.45, 2.75) is 11.3 Å². The Bertz CT molecular complexity index is 528. The highest BCUT2D eigenvalue weighted by atomic mass is 35.7. The summed E-state index contributed by atoms with van der Waals surface area (Å²) < 4.78 is 39.9. The van der Waals surface area contributed by atoms with Gasteiger partial charge in [0.05, 0.1) is 17.9 Å². The Labute approximate surface area is 101 Å². The quantitative estimate of drug-likeness (QED) is 0.830. The molecular weight excluding hydrogens is 275 g/mol. The smallest absolute Gasteiger partial charge is 0.306 e. The first-order chi connectivity index (χ1) is 7.80. The molecule has 0 bridgehead atoms. The summed E-state index contributed by atoms with van der Waals surface area (Å²) in [6.07, 6.45) is -0.283. The van der Waals surface area contributed by atoms with E-state index in [1.165, 1.54) is 0 Å². The number of carboxylic acid groups (broad SMARTS) is 1. The second-order valence-electron chi connectivity index (χ2n) is 3.02. The number of carbonyl (C=O) groups is 1. The van der Waals surface area contributed by atoms with Gasteiger partial charge in [-0.3, -0.25) is 4.79 Å². The maximum absolute atomic E-state index is 13.3. The molecule has 0 saturated carbocycles. The molecule has 0 aliphatic carbocycles. The minimum absolute atomic E-state index is 0.209. The first-order valence-corrected chi connectivity index (χ1v) is 6.70. The molecule has 0 atom stereocenters. The molecule has 17 heavy (non-hydrogen) atoms. The SMILES string of the molecule is O=C(O)CCOc1ccc(S(=O)(=O)Cl)cc1F. The molecule has 0 aliphatic rings. The lowest BCUT2D eigenvalue weighted by atomic mass is 10.3. The third-order valence-corrected chi connectivity index (χ3v) is 3.11.